The third kappa shape index (κ3) is 2.60. The van der Waals surface area contributed by atoms with Crippen LogP contribution in [0.4, 0.5) is 0 Å². The normalized spacial score (nSPS) is 47.5. The number of carbonyl (C=O) groups is 1. The number of fused-ring (bicyclic) bond motifs is 2. The number of hydrogen-bond acceptors (Lipinski definition) is 3. The summed E-state index contributed by atoms with van der Waals surface area (Å²) in [5.74, 6) is 1.77. The highest BCUT2D eigenvalue weighted by atomic mass is 16.5. The van der Waals surface area contributed by atoms with Gasteiger partial charge in [0, 0.05) is 24.5 Å². The Hall–Kier alpha value is -0.610. The Labute approximate surface area is 121 Å². The van der Waals surface area contributed by atoms with Crippen molar-refractivity contribution in [2.45, 2.75) is 64.2 Å². The highest BCUT2D eigenvalue weighted by Gasteiger charge is 2.48. The van der Waals surface area contributed by atoms with Crippen LogP contribution in [0.15, 0.2) is 0 Å². The molecular formula is C16H27NO3. The molecule has 114 valence electrons. The summed E-state index contributed by atoms with van der Waals surface area (Å²) >= 11 is 0. The maximum Gasteiger partial charge on any atom is 0.223 e. The molecule has 6 atom stereocenters. The van der Waals surface area contributed by atoms with Crippen molar-refractivity contribution < 1.29 is 14.6 Å². The van der Waals surface area contributed by atoms with Crippen LogP contribution in [0.5, 0.6) is 0 Å². The minimum Gasteiger partial charge on any atom is -0.396 e. The summed E-state index contributed by atoms with van der Waals surface area (Å²) in [5.41, 5.74) is 0. The Morgan fingerprint density at radius 2 is 1.80 bits per heavy atom. The third-order valence-corrected chi connectivity index (χ3v) is 5.68. The maximum atomic E-state index is 12.5. The molecule has 2 aliphatic carbocycles. The van der Waals surface area contributed by atoms with E-state index < -0.39 is 0 Å². The molecule has 6 unspecified atom stereocenters. The average Bonchev–Trinajstić information content (AvgIpc) is 2.98. The second kappa shape index (κ2) is 5.64. The first-order chi connectivity index (χ1) is 9.58. The van der Waals surface area contributed by atoms with E-state index in [9.17, 15) is 9.90 Å². The molecule has 2 saturated carbocycles. The zero-order chi connectivity index (χ0) is 14.3. The van der Waals surface area contributed by atoms with Crippen molar-refractivity contribution in [3.05, 3.63) is 0 Å². The van der Waals surface area contributed by atoms with Crippen LogP contribution < -0.4 is 5.32 Å². The Balaban J connectivity index is 1.61. The fraction of sp³-hybridized carbons (Fsp3) is 0.938. The van der Waals surface area contributed by atoms with Gasteiger partial charge >= 0.3 is 0 Å². The van der Waals surface area contributed by atoms with Gasteiger partial charge in [-0.05, 0) is 57.8 Å². The Morgan fingerprint density at radius 1 is 1.15 bits per heavy atom. The topological polar surface area (TPSA) is 58.6 Å². The standard InChI is InChI=1S/C16H27NO3/c1-9-5-13(6-10(2)20-9)16(19)17-15-12-4-3-11(7-12)14(15)8-18/h9-15,18H,3-8H2,1-2H3,(H,17,19). The first kappa shape index (κ1) is 14.3. The number of aliphatic hydroxyl groups is 1. The van der Waals surface area contributed by atoms with Crippen molar-refractivity contribution in [2.24, 2.45) is 23.7 Å². The Morgan fingerprint density at radius 3 is 2.45 bits per heavy atom. The second-order valence-electron chi connectivity index (χ2n) is 7.14. The van der Waals surface area contributed by atoms with Gasteiger partial charge in [0.05, 0.1) is 12.2 Å². The summed E-state index contributed by atoms with van der Waals surface area (Å²) in [6, 6.07) is 0.208. The zero-order valence-corrected chi connectivity index (χ0v) is 12.5. The molecule has 4 heteroatoms. The SMILES string of the molecule is CC1CC(C(=O)NC2C3CCC(C3)C2CO)CC(C)O1. The van der Waals surface area contributed by atoms with Crippen LogP contribution in [0, 0.1) is 23.7 Å². The fourth-order valence-corrected chi connectivity index (χ4v) is 4.80. The first-order valence-corrected chi connectivity index (χ1v) is 8.15. The van der Waals surface area contributed by atoms with E-state index in [-0.39, 0.29) is 42.6 Å². The summed E-state index contributed by atoms with van der Waals surface area (Å²) in [6.45, 7) is 4.31. The molecule has 0 aromatic rings. The van der Waals surface area contributed by atoms with Gasteiger partial charge in [0.2, 0.25) is 5.91 Å². The molecule has 0 aromatic carbocycles. The van der Waals surface area contributed by atoms with Gasteiger partial charge in [-0.25, -0.2) is 0 Å². The summed E-state index contributed by atoms with van der Waals surface area (Å²) < 4.78 is 5.71. The van der Waals surface area contributed by atoms with Gasteiger partial charge in [-0.1, -0.05) is 0 Å². The summed E-state index contributed by atoms with van der Waals surface area (Å²) in [6.07, 6.45) is 5.62. The summed E-state index contributed by atoms with van der Waals surface area (Å²) in [5, 5.41) is 12.9. The van der Waals surface area contributed by atoms with Crippen LogP contribution in [0.25, 0.3) is 0 Å². The zero-order valence-electron chi connectivity index (χ0n) is 12.5. The van der Waals surface area contributed by atoms with Gasteiger partial charge in [0.15, 0.2) is 0 Å². The van der Waals surface area contributed by atoms with Crippen molar-refractivity contribution in [1.82, 2.24) is 5.32 Å². The molecule has 0 spiro atoms. The van der Waals surface area contributed by atoms with Gasteiger partial charge in [-0.2, -0.15) is 0 Å². The lowest BCUT2D eigenvalue weighted by Crippen LogP contribution is -2.49. The third-order valence-electron chi connectivity index (χ3n) is 5.68. The largest absolute Gasteiger partial charge is 0.396 e. The molecule has 2 bridgehead atoms. The van der Waals surface area contributed by atoms with Gasteiger partial charge in [0.1, 0.15) is 0 Å². The summed E-state index contributed by atoms with van der Waals surface area (Å²) in [4.78, 5) is 12.5. The van der Waals surface area contributed by atoms with Crippen molar-refractivity contribution in [1.29, 1.82) is 0 Å². The summed E-state index contributed by atoms with van der Waals surface area (Å²) in [7, 11) is 0. The molecule has 3 fully saturated rings. The number of amides is 1. The van der Waals surface area contributed by atoms with Crippen molar-refractivity contribution >= 4 is 5.91 Å². The predicted molar refractivity (Wildman–Crippen MR) is 76.1 cm³/mol. The van der Waals surface area contributed by atoms with Crippen LogP contribution in [-0.4, -0.2) is 35.9 Å². The number of hydrogen-bond donors (Lipinski definition) is 2. The average molecular weight is 281 g/mol. The van der Waals surface area contributed by atoms with Gasteiger partial charge in [-0.3, -0.25) is 4.79 Å². The molecule has 1 aliphatic heterocycles. The number of carbonyl (C=O) groups excluding carboxylic acids is 1. The molecule has 20 heavy (non-hydrogen) atoms. The predicted octanol–water partition coefficient (Wildman–Crippen LogP) is 1.71. The van der Waals surface area contributed by atoms with Gasteiger partial charge in [-0.15, -0.1) is 0 Å². The number of rotatable bonds is 3. The van der Waals surface area contributed by atoms with Crippen LogP contribution in [0.2, 0.25) is 0 Å². The lowest BCUT2D eigenvalue weighted by molar-refractivity contribution is -0.134. The quantitative estimate of drug-likeness (QED) is 0.828. The number of aliphatic hydroxyl groups excluding tert-OH is 1. The van der Waals surface area contributed by atoms with E-state index in [2.05, 4.69) is 5.32 Å². The molecule has 0 radical (unpaired) electrons. The molecule has 1 heterocycles. The van der Waals surface area contributed by atoms with Crippen LogP contribution >= 0.6 is 0 Å². The molecule has 3 rings (SSSR count). The minimum absolute atomic E-state index is 0.0761. The first-order valence-electron chi connectivity index (χ1n) is 8.15. The molecule has 2 N–H and O–H groups in total. The van der Waals surface area contributed by atoms with Crippen LogP contribution in [0.1, 0.15) is 46.0 Å². The second-order valence-corrected chi connectivity index (χ2v) is 7.14. The lowest BCUT2D eigenvalue weighted by Gasteiger charge is -2.35. The minimum atomic E-state index is 0.0761. The molecule has 4 nitrogen and oxygen atoms in total. The molecule has 1 amide bonds. The highest BCUT2D eigenvalue weighted by Crippen LogP contribution is 2.48. The van der Waals surface area contributed by atoms with Gasteiger partial charge < -0.3 is 15.2 Å². The molecule has 3 aliphatic rings. The van der Waals surface area contributed by atoms with Crippen molar-refractivity contribution in [3.63, 3.8) is 0 Å². The molecule has 0 aromatic heterocycles. The molecular weight excluding hydrogens is 254 g/mol. The monoisotopic (exact) mass is 281 g/mol. The van der Waals surface area contributed by atoms with Crippen LogP contribution in [0.3, 0.4) is 0 Å². The lowest BCUT2D eigenvalue weighted by atomic mass is 9.84. The van der Waals surface area contributed by atoms with E-state index in [0.29, 0.717) is 11.8 Å². The Kier molecular flexibility index (Phi) is 4.04. The van der Waals surface area contributed by atoms with E-state index in [1.54, 1.807) is 0 Å². The Bertz CT molecular complexity index is 363. The number of nitrogens with one attached hydrogen (secondary N) is 1. The molecule has 1 saturated heterocycles. The number of ether oxygens (including phenoxy) is 1. The smallest absolute Gasteiger partial charge is 0.223 e. The highest BCUT2D eigenvalue weighted by molar-refractivity contribution is 5.79. The van der Waals surface area contributed by atoms with E-state index in [0.717, 1.165) is 12.8 Å². The van der Waals surface area contributed by atoms with Crippen molar-refractivity contribution in [3.8, 4) is 0 Å². The van der Waals surface area contributed by atoms with Crippen molar-refractivity contribution in [2.75, 3.05) is 6.61 Å². The van der Waals surface area contributed by atoms with E-state index in [1.807, 2.05) is 13.8 Å². The van der Waals surface area contributed by atoms with E-state index >= 15 is 0 Å². The van der Waals surface area contributed by atoms with Crippen LogP contribution in [-0.2, 0) is 9.53 Å². The maximum absolute atomic E-state index is 12.5. The van der Waals surface area contributed by atoms with E-state index in [1.165, 1.54) is 19.3 Å². The van der Waals surface area contributed by atoms with E-state index in [4.69, 9.17) is 4.74 Å². The fourth-order valence-electron chi connectivity index (χ4n) is 4.80. The van der Waals surface area contributed by atoms with Gasteiger partial charge in [0.25, 0.3) is 0 Å².